The highest BCUT2D eigenvalue weighted by Crippen LogP contribution is 2.25. The maximum Gasteiger partial charge on any atom is 0.337 e. The number of nitrogen functional groups attached to an aromatic ring is 1. The van der Waals surface area contributed by atoms with Crippen LogP contribution in [-0.4, -0.2) is 13.1 Å². The molecule has 0 bridgehead atoms. The predicted octanol–water partition coefficient (Wildman–Crippen LogP) is 3.43. The molecule has 0 aromatic heterocycles. The van der Waals surface area contributed by atoms with Crippen LogP contribution in [0.2, 0.25) is 5.02 Å². The van der Waals surface area contributed by atoms with E-state index in [-0.39, 0.29) is 17.4 Å². The lowest BCUT2D eigenvalue weighted by Gasteiger charge is -2.11. The maximum atomic E-state index is 13.7. The Balaban J connectivity index is 2.19. The first-order chi connectivity index (χ1) is 10.0. The number of hydrogen-bond acceptors (Lipinski definition) is 4. The van der Waals surface area contributed by atoms with E-state index in [1.165, 1.54) is 31.4 Å². The first kappa shape index (κ1) is 15.1. The average molecular weight is 310 g/mol. The topological polar surface area (TPSA) is 61.5 Å². The molecule has 0 saturated heterocycles. The third-order valence-electron chi connectivity index (χ3n) is 2.85. The molecule has 0 saturated carbocycles. The molecule has 0 fully saturated rings. The fourth-order valence-electron chi connectivity index (χ4n) is 1.72. The minimum Gasteiger partial charge on any atom is -0.487 e. The maximum absolute atomic E-state index is 13.7. The normalized spacial score (nSPS) is 10.2. The summed E-state index contributed by atoms with van der Waals surface area (Å²) in [5.74, 6) is -0.770. The van der Waals surface area contributed by atoms with E-state index in [0.717, 1.165) is 0 Å². The van der Waals surface area contributed by atoms with Crippen LogP contribution in [0.5, 0.6) is 5.75 Å². The van der Waals surface area contributed by atoms with Crippen molar-refractivity contribution in [1.82, 2.24) is 0 Å². The van der Waals surface area contributed by atoms with Crippen LogP contribution in [0.15, 0.2) is 36.4 Å². The van der Waals surface area contributed by atoms with Crippen molar-refractivity contribution in [3.05, 3.63) is 58.4 Å². The van der Waals surface area contributed by atoms with Gasteiger partial charge in [0.05, 0.1) is 23.4 Å². The van der Waals surface area contributed by atoms with Crippen molar-refractivity contribution in [2.45, 2.75) is 6.61 Å². The molecule has 2 aromatic rings. The monoisotopic (exact) mass is 309 g/mol. The summed E-state index contributed by atoms with van der Waals surface area (Å²) < 4.78 is 23.8. The summed E-state index contributed by atoms with van der Waals surface area (Å²) in [6, 6.07) is 9.13. The molecule has 0 amide bonds. The number of carbonyl (C=O) groups excluding carboxylic acids is 1. The van der Waals surface area contributed by atoms with Crippen LogP contribution in [-0.2, 0) is 11.3 Å². The molecule has 0 atom stereocenters. The number of methoxy groups -OCH3 is 1. The van der Waals surface area contributed by atoms with Gasteiger partial charge in [0, 0.05) is 5.56 Å². The van der Waals surface area contributed by atoms with E-state index < -0.39 is 11.8 Å². The van der Waals surface area contributed by atoms with E-state index >= 15 is 0 Å². The van der Waals surface area contributed by atoms with E-state index in [1.54, 1.807) is 12.1 Å². The molecule has 0 aliphatic rings. The number of rotatable bonds is 4. The summed E-state index contributed by atoms with van der Waals surface area (Å²) >= 11 is 5.70. The van der Waals surface area contributed by atoms with Crippen LogP contribution in [0.3, 0.4) is 0 Å². The van der Waals surface area contributed by atoms with Crippen molar-refractivity contribution in [3.8, 4) is 5.75 Å². The average Bonchev–Trinajstić information content (AvgIpc) is 2.49. The highest BCUT2D eigenvalue weighted by atomic mass is 35.5. The van der Waals surface area contributed by atoms with Gasteiger partial charge in [-0.3, -0.25) is 0 Å². The number of esters is 1. The summed E-state index contributed by atoms with van der Waals surface area (Å²) in [4.78, 5) is 11.5. The van der Waals surface area contributed by atoms with Crippen molar-refractivity contribution in [2.75, 3.05) is 12.8 Å². The van der Waals surface area contributed by atoms with Gasteiger partial charge in [-0.25, -0.2) is 9.18 Å². The van der Waals surface area contributed by atoms with E-state index in [9.17, 15) is 9.18 Å². The Morgan fingerprint density at radius 1 is 1.33 bits per heavy atom. The van der Waals surface area contributed by atoms with Crippen molar-refractivity contribution >= 4 is 23.3 Å². The molecule has 0 aliphatic carbocycles. The summed E-state index contributed by atoms with van der Waals surface area (Å²) in [5, 5.41) is 0.0207. The Morgan fingerprint density at radius 2 is 2.10 bits per heavy atom. The minimum absolute atomic E-state index is 0.0207. The Labute approximate surface area is 126 Å². The first-order valence-electron chi connectivity index (χ1n) is 6.06. The summed E-state index contributed by atoms with van der Waals surface area (Å²) in [6.45, 7) is -0.0543. The predicted molar refractivity (Wildman–Crippen MR) is 77.9 cm³/mol. The number of nitrogens with two attached hydrogens (primary N) is 1. The second-order valence-electron chi connectivity index (χ2n) is 4.25. The zero-order valence-corrected chi connectivity index (χ0v) is 12.0. The molecule has 2 N–H and O–H groups in total. The molecular formula is C15H13ClFNO3. The Hall–Kier alpha value is -2.27. The lowest BCUT2D eigenvalue weighted by molar-refractivity contribution is 0.0600. The molecule has 21 heavy (non-hydrogen) atoms. The standard InChI is InChI=1S/C15H13ClFNO3/c1-20-15(19)9-5-6-12(18)13(7-9)21-8-10-3-2-4-11(16)14(10)17/h2-7H,8,18H2,1H3. The Bertz CT molecular complexity index is 676. The summed E-state index contributed by atoms with van der Waals surface area (Å²) in [5.41, 5.74) is 6.70. The van der Waals surface area contributed by atoms with Crippen LogP contribution in [0.25, 0.3) is 0 Å². The smallest absolute Gasteiger partial charge is 0.337 e. The lowest BCUT2D eigenvalue weighted by atomic mass is 10.2. The van der Waals surface area contributed by atoms with Gasteiger partial charge < -0.3 is 15.2 Å². The van der Waals surface area contributed by atoms with Crippen LogP contribution in [0, 0.1) is 5.82 Å². The highest BCUT2D eigenvalue weighted by molar-refractivity contribution is 6.30. The Kier molecular flexibility index (Phi) is 4.65. The molecule has 2 rings (SSSR count). The van der Waals surface area contributed by atoms with Gasteiger partial charge in [-0.1, -0.05) is 23.7 Å². The van der Waals surface area contributed by atoms with E-state index in [0.29, 0.717) is 16.8 Å². The number of hydrogen-bond donors (Lipinski definition) is 1. The molecule has 0 aliphatic heterocycles. The highest BCUT2D eigenvalue weighted by Gasteiger charge is 2.11. The molecular weight excluding hydrogens is 297 g/mol. The van der Waals surface area contributed by atoms with E-state index in [4.69, 9.17) is 22.1 Å². The molecule has 110 valence electrons. The van der Waals surface area contributed by atoms with Crippen LogP contribution < -0.4 is 10.5 Å². The fourth-order valence-corrected chi connectivity index (χ4v) is 1.91. The van der Waals surface area contributed by atoms with Gasteiger partial charge in [-0.05, 0) is 24.3 Å². The number of ether oxygens (including phenoxy) is 2. The van der Waals surface area contributed by atoms with E-state index in [1.807, 2.05) is 0 Å². The fraction of sp³-hybridized carbons (Fsp3) is 0.133. The molecule has 2 aromatic carbocycles. The summed E-state index contributed by atoms with van der Waals surface area (Å²) in [7, 11) is 1.28. The van der Waals surface area contributed by atoms with Crippen LogP contribution in [0.4, 0.5) is 10.1 Å². The van der Waals surface area contributed by atoms with Gasteiger partial charge >= 0.3 is 5.97 Å². The molecule has 0 radical (unpaired) electrons. The van der Waals surface area contributed by atoms with Gasteiger partial charge in [-0.15, -0.1) is 0 Å². The third kappa shape index (κ3) is 3.44. The van der Waals surface area contributed by atoms with Crippen molar-refractivity contribution in [3.63, 3.8) is 0 Å². The zero-order chi connectivity index (χ0) is 15.4. The first-order valence-corrected chi connectivity index (χ1v) is 6.44. The van der Waals surface area contributed by atoms with E-state index in [2.05, 4.69) is 4.74 Å². The van der Waals surface area contributed by atoms with Gasteiger partial charge in [0.15, 0.2) is 0 Å². The number of benzene rings is 2. The van der Waals surface area contributed by atoms with Crippen LogP contribution >= 0.6 is 11.6 Å². The molecule has 0 spiro atoms. The SMILES string of the molecule is COC(=O)c1ccc(N)c(OCc2cccc(Cl)c2F)c1. The number of carbonyl (C=O) groups is 1. The van der Waals surface area contributed by atoms with Crippen LogP contribution in [0.1, 0.15) is 15.9 Å². The molecule has 0 heterocycles. The van der Waals surface area contributed by atoms with Crippen molar-refractivity contribution in [1.29, 1.82) is 0 Å². The van der Waals surface area contributed by atoms with Crippen molar-refractivity contribution in [2.24, 2.45) is 0 Å². The molecule has 0 unspecified atom stereocenters. The zero-order valence-electron chi connectivity index (χ0n) is 11.2. The number of halogens is 2. The largest absolute Gasteiger partial charge is 0.487 e. The molecule has 4 nitrogen and oxygen atoms in total. The second-order valence-corrected chi connectivity index (χ2v) is 4.65. The lowest BCUT2D eigenvalue weighted by Crippen LogP contribution is -2.05. The quantitative estimate of drug-likeness (QED) is 0.694. The molecule has 6 heteroatoms. The second kappa shape index (κ2) is 6.45. The van der Waals surface area contributed by atoms with Gasteiger partial charge in [0.2, 0.25) is 0 Å². The summed E-state index contributed by atoms with van der Waals surface area (Å²) in [6.07, 6.45) is 0. The Morgan fingerprint density at radius 3 is 2.81 bits per heavy atom. The third-order valence-corrected chi connectivity index (χ3v) is 3.14. The van der Waals surface area contributed by atoms with Gasteiger partial charge in [0.25, 0.3) is 0 Å². The van der Waals surface area contributed by atoms with Crippen molar-refractivity contribution < 1.29 is 18.7 Å². The minimum atomic E-state index is -0.540. The number of anilines is 1. The van der Waals surface area contributed by atoms with Gasteiger partial charge in [-0.2, -0.15) is 0 Å². The van der Waals surface area contributed by atoms with Gasteiger partial charge in [0.1, 0.15) is 18.2 Å².